The lowest BCUT2D eigenvalue weighted by Crippen LogP contribution is -2.49. The van der Waals surface area contributed by atoms with Crippen LogP contribution in [0.5, 0.6) is 11.5 Å². The minimum atomic E-state index is -0.882. The van der Waals surface area contributed by atoms with E-state index in [0.717, 1.165) is 12.0 Å². The predicted octanol–water partition coefficient (Wildman–Crippen LogP) is 5.23. The average Bonchev–Trinajstić information content (AvgIpc) is 2.79. The van der Waals surface area contributed by atoms with Gasteiger partial charge in [0.2, 0.25) is 0 Å². The molecule has 0 aliphatic carbocycles. The summed E-state index contributed by atoms with van der Waals surface area (Å²) in [7, 11) is 0. The van der Waals surface area contributed by atoms with Gasteiger partial charge in [0.15, 0.2) is 6.10 Å². The second-order valence-corrected chi connectivity index (χ2v) is 8.99. The molecule has 2 atom stereocenters. The SMILES string of the molecule is CCCOc1ccccc1/C=N\NC(=O)[C@H](CC(C)C)NC(=O)[C@@H](C)Oc1ccc(Cl)cc1Cl. The number of halogens is 2. The highest BCUT2D eigenvalue weighted by atomic mass is 35.5. The lowest BCUT2D eigenvalue weighted by Gasteiger charge is -2.22. The second kappa shape index (κ2) is 13.8. The van der Waals surface area contributed by atoms with Crippen LogP contribution in [0.1, 0.15) is 46.1 Å². The lowest BCUT2D eigenvalue weighted by atomic mass is 10.0. The quantitative estimate of drug-likeness (QED) is 0.304. The van der Waals surface area contributed by atoms with Crippen molar-refractivity contribution in [1.29, 1.82) is 0 Å². The zero-order valence-electron chi connectivity index (χ0n) is 19.8. The number of hydrogen-bond acceptors (Lipinski definition) is 5. The maximum atomic E-state index is 12.8. The Bertz CT molecular complexity index is 998. The van der Waals surface area contributed by atoms with Crippen molar-refractivity contribution in [2.45, 2.75) is 52.7 Å². The van der Waals surface area contributed by atoms with Crippen LogP contribution in [0.25, 0.3) is 0 Å². The topological polar surface area (TPSA) is 89.0 Å². The Morgan fingerprint density at radius 2 is 1.79 bits per heavy atom. The molecule has 0 aliphatic rings. The molecule has 0 fully saturated rings. The van der Waals surface area contributed by atoms with E-state index in [-0.39, 0.29) is 5.92 Å². The minimum Gasteiger partial charge on any atom is -0.493 e. The molecule has 0 heterocycles. The van der Waals surface area contributed by atoms with Crippen molar-refractivity contribution in [2.24, 2.45) is 11.0 Å². The molecule has 0 bridgehead atoms. The van der Waals surface area contributed by atoms with Gasteiger partial charge in [-0.2, -0.15) is 5.10 Å². The Morgan fingerprint density at radius 3 is 2.47 bits per heavy atom. The molecule has 2 amide bonds. The standard InChI is InChI=1S/C25H31Cl2N3O4/c1-5-12-33-22-9-7-6-8-18(22)15-28-30-25(32)21(13-16(2)3)29-24(31)17(4)34-23-11-10-19(26)14-20(23)27/h6-11,14-17,21H,5,12-13H2,1-4H3,(H,29,31)(H,30,32)/b28-15-/t17-,21+/m1/s1. The molecule has 0 unspecified atom stereocenters. The molecule has 0 saturated heterocycles. The summed E-state index contributed by atoms with van der Waals surface area (Å²) in [6.07, 6.45) is 1.95. The van der Waals surface area contributed by atoms with Gasteiger partial charge in [0.05, 0.1) is 17.8 Å². The van der Waals surface area contributed by atoms with E-state index in [9.17, 15) is 9.59 Å². The highest BCUT2D eigenvalue weighted by molar-refractivity contribution is 6.35. The molecule has 9 heteroatoms. The molecule has 0 radical (unpaired) electrons. The van der Waals surface area contributed by atoms with Crippen molar-refractivity contribution < 1.29 is 19.1 Å². The van der Waals surface area contributed by atoms with Gasteiger partial charge >= 0.3 is 0 Å². The van der Waals surface area contributed by atoms with Crippen molar-refractivity contribution in [3.8, 4) is 11.5 Å². The van der Waals surface area contributed by atoms with Crippen molar-refractivity contribution in [3.63, 3.8) is 0 Å². The summed E-state index contributed by atoms with van der Waals surface area (Å²) in [6, 6.07) is 11.4. The number of rotatable bonds is 12. The molecule has 0 aliphatic heterocycles. The van der Waals surface area contributed by atoms with Crippen LogP contribution in [0.15, 0.2) is 47.6 Å². The minimum absolute atomic E-state index is 0.158. The number of para-hydroxylation sites is 1. The van der Waals surface area contributed by atoms with Gasteiger partial charge in [0.1, 0.15) is 17.5 Å². The summed E-state index contributed by atoms with van der Waals surface area (Å²) in [5, 5.41) is 7.56. The molecular formula is C25H31Cl2N3O4. The average molecular weight is 508 g/mol. The number of carbonyl (C=O) groups excluding carboxylic acids is 2. The Labute approximate surface area is 210 Å². The van der Waals surface area contributed by atoms with E-state index < -0.39 is 24.0 Å². The fourth-order valence-electron chi connectivity index (χ4n) is 2.98. The summed E-state index contributed by atoms with van der Waals surface area (Å²) < 4.78 is 11.3. The molecule has 0 saturated carbocycles. The monoisotopic (exact) mass is 507 g/mol. The van der Waals surface area contributed by atoms with E-state index in [1.165, 1.54) is 12.3 Å². The van der Waals surface area contributed by atoms with Gasteiger partial charge < -0.3 is 14.8 Å². The Hall–Kier alpha value is -2.77. The van der Waals surface area contributed by atoms with Crippen LogP contribution in [-0.2, 0) is 9.59 Å². The first-order valence-electron chi connectivity index (χ1n) is 11.2. The maximum absolute atomic E-state index is 12.8. The molecular weight excluding hydrogens is 477 g/mol. The second-order valence-electron chi connectivity index (χ2n) is 8.15. The molecule has 2 rings (SSSR count). The zero-order chi connectivity index (χ0) is 25.1. The van der Waals surface area contributed by atoms with Crippen LogP contribution in [-0.4, -0.2) is 36.8 Å². The summed E-state index contributed by atoms with van der Waals surface area (Å²) >= 11 is 12.0. The van der Waals surface area contributed by atoms with Gasteiger partial charge in [-0.15, -0.1) is 0 Å². The molecule has 0 aromatic heterocycles. The van der Waals surface area contributed by atoms with Gasteiger partial charge in [-0.3, -0.25) is 9.59 Å². The van der Waals surface area contributed by atoms with Gasteiger partial charge in [-0.25, -0.2) is 5.43 Å². The number of nitrogens with one attached hydrogen (secondary N) is 2. The molecule has 184 valence electrons. The van der Waals surface area contributed by atoms with Crippen molar-refractivity contribution in [1.82, 2.24) is 10.7 Å². The number of carbonyl (C=O) groups is 2. The van der Waals surface area contributed by atoms with E-state index in [1.54, 1.807) is 19.1 Å². The van der Waals surface area contributed by atoms with Crippen LogP contribution in [0, 0.1) is 5.92 Å². The largest absolute Gasteiger partial charge is 0.493 e. The van der Waals surface area contributed by atoms with E-state index in [0.29, 0.717) is 34.6 Å². The van der Waals surface area contributed by atoms with E-state index in [1.807, 2.05) is 45.0 Å². The number of benzene rings is 2. The summed E-state index contributed by atoms with van der Waals surface area (Å²) in [4.78, 5) is 25.5. The smallest absolute Gasteiger partial charge is 0.262 e. The molecule has 0 spiro atoms. The molecule has 2 aromatic rings. The first kappa shape index (κ1) is 27.5. The van der Waals surface area contributed by atoms with Crippen LogP contribution in [0.3, 0.4) is 0 Å². The third kappa shape index (κ3) is 8.88. The number of ether oxygens (including phenoxy) is 2. The first-order chi connectivity index (χ1) is 16.2. The summed E-state index contributed by atoms with van der Waals surface area (Å²) in [5.74, 6) is 0.287. The number of nitrogens with zero attached hydrogens (tertiary/aromatic N) is 1. The van der Waals surface area contributed by atoms with Gasteiger partial charge in [-0.1, -0.05) is 56.1 Å². The predicted molar refractivity (Wildman–Crippen MR) is 136 cm³/mol. The highest BCUT2D eigenvalue weighted by Gasteiger charge is 2.25. The Kier molecular flexibility index (Phi) is 11.2. The van der Waals surface area contributed by atoms with E-state index >= 15 is 0 Å². The maximum Gasteiger partial charge on any atom is 0.262 e. The van der Waals surface area contributed by atoms with Gasteiger partial charge in [-0.05, 0) is 56.0 Å². The highest BCUT2D eigenvalue weighted by Crippen LogP contribution is 2.28. The van der Waals surface area contributed by atoms with E-state index in [4.69, 9.17) is 32.7 Å². The number of amides is 2. The lowest BCUT2D eigenvalue weighted by molar-refractivity contribution is -0.132. The number of hydrazone groups is 1. The molecule has 2 aromatic carbocycles. The van der Waals surface area contributed by atoms with Gasteiger partial charge in [0, 0.05) is 10.6 Å². The third-order valence-electron chi connectivity index (χ3n) is 4.67. The van der Waals surface area contributed by atoms with Crippen LogP contribution < -0.4 is 20.2 Å². The first-order valence-corrected chi connectivity index (χ1v) is 11.9. The summed E-state index contributed by atoms with van der Waals surface area (Å²) in [6.45, 7) is 8.11. The van der Waals surface area contributed by atoms with Crippen molar-refractivity contribution in [2.75, 3.05) is 6.61 Å². The van der Waals surface area contributed by atoms with Crippen LogP contribution >= 0.6 is 23.2 Å². The number of hydrogen-bond donors (Lipinski definition) is 2. The Morgan fingerprint density at radius 1 is 1.06 bits per heavy atom. The van der Waals surface area contributed by atoms with Crippen LogP contribution in [0.4, 0.5) is 0 Å². The normalized spacial score (nSPS) is 12.9. The fraction of sp³-hybridized carbons (Fsp3) is 0.400. The molecule has 7 nitrogen and oxygen atoms in total. The third-order valence-corrected chi connectivity index (χ3v) is 5.20. The van der Waals surface area contributed by atoms with E-state index in [2.05, 4.69) is 15.8 Å². The zero-order valence-corrected chi connectivity index (χ0v) is 21.3. The summed E-state index contributed by atoms with van der Waals surface area (Å²) in [5.41, 5.74) is 3.25. The molecule has 2 N–H and O–H groups in total. The fourth-order valence-corrected chi connectivity index (χ4v) is 3.43. The van der Waals surface area contributed by atoms with Crippen LogP contribution in [0.2, 0.25) is 10.0 Å². The van der Waals surface area contributed by atoms with Gasteiger partial charge in [0.25, 0.3) is 11.8 Å². The molecule has 34 heavy (non-hydrogen) atoms. The van der Waals surface area contributed by atoms with Crippen molar-refractivity contribution in [3.05, 3.63) is 58.1 Å². The Balaban J connectivity index is 2.02. The van der Waals surface area contributed by atoms with Crippen molar-refractivity contribution >= 4 is 41.2 Å².